The molecule has 1 fully saturated rings. The second-order valence-electron chi connectivity index (χ2n) is 3.99. The van der Waals surface area contributed by atoms with Gasteiger partial charge in [0, 0.05) is 16.4 Å². The first kappa shape index (κ1) is 9.66. The highest BCUT2D eigenvalue weighted by atomic mass is 79.9. The highest BCUT2D eigenvalue weighted by Gasteiger charge is 2.33. The average Bonchev–Trinajstić information content (AvgIpc) is 2.77. The van der Waals surface area contributed by atoms with E-state index in [0.717, 1.165) is 5.33 Å². The number of hydrogen-bond donors (Lipinski definition) is 0. The number of alkyl halides is 1. The number of halogens is 1. The first-order valence-corrected chi connectivity index (χ1v) is 6.78. The molecule has 72 valence electrons. The van der Waals surface area contributed by atoms with Crippen molar-refractivity contribution in [2.24, 2.45) is 5.41 Å². The number of rotatable bonds is 3. The number of hydrogen-bond acceptors (Lipinski definition) is 2. The van der Waals surface area contributed by atoms with Crippen LogP contribution < -0.4 is 0 Å². The molecule has 1 nitrogen and oxygen atoms in total. The molecule has 0 bridgehead atoms. The fourth-order valence-electron chi connectivity index (χ4n) is 2.18. The minimum Gasteiger partial charge on any atom is -0.253 e. The maximum Gasteiger partial charge on any atom is 0.0794 e. The van der Waals surface area contributed by atoms with Crippen molar-refractivity contribution in [3.63, 3.8) is 0 Å². The minimum atomic E-state index is 0.548. The number of aromatic nitrogens is 1. The Balaban J connectivity index is 2.06. The van der Waals surface area contributed by atoms with E-state index in [2.05, 4.69) is 20.9 Å². The van der Waals surface area contributed by atoms with Gasteiger partial charge in [0.15, 0.2) is 0 Å². The summed E-state index contributed by atoms with van der Waals surface area (Å²) in [5, 5.41) is 1.15. The molecular weight excluding hydrogens is 246 g/mol. The Hall–Kier alpha value is 0.110. The van der Waals surface area contributed by atoms with Gasteiger partial charge in [-0.1, -0.05) is 28.8 Å². The second kappa shape index (κ2) is 4.09. The van der Waals surface area contributed by atoms with Gasteiger partial charge in [-0.05, 0) is 24.7 Å². The van der Waals surface area contributed by atoms with Gasteiger partial charge in [-0.3, -0.25) is 4.98 Å². The SMILES string of the molecule is BrCC1(Cc2cncs2)CCCC1. The number of nitrogens with zero attached hydrogens (tertiary/aromatic N) is 1. The van der Waals surface area contributed by atoms with Gasteiger partial charge < -0.3 is 0 Å². The summed E-state index contributed by atoms with van der Waals surface area (Å²) in [6.45, 7) is 0. The Bertz CT molecular complexity index is 252. The lowest BCUT2D eigenvalue weighted by molar-refractivity contribution is 0.349. The van der Waals surface area contributed by atoms with E-state index in [1.165, 1.54) is 37.0 Å². The second-order valence-corrected chi connectivity index (χ2v) is 5.52. The monoisotopic (exact) mass is 259 g/mol. The van der Waals surface area contributed by atoms with E-state index in [4.69, 9.17) is 0 Å². The molecule has 1 heterocycles. The van der Waals surface area contributed by atoms with Gasteiger partial charge >= 0.3 is 0 Å². The van der Waals surface area contributed by atoms with Crippen molar-refractivity contribution in [2.45, 2.75) is 32.1 Å². The average molecular weight is 260 g/mol. The van der Waals surface area contributed by atoms with E-state index in [9.17, 15) is 0 Å². The van der Waals surface area contributed by atoms with Crippen LogP contribution >= 0.6 is 27.3 Å². The molecule has 2 rings (SSSR count). The molecule has 0 unspecified atom stereocenters. The van der Waals surface area contributed by atoms with Crippen LogP contribution in [0.2, 0.25) is 0 Å². The van der Waals surface area contributed by atoms with Crippen molar-refractivity contribution in [1.29, 1.82) is 0 Å². The summed E-state index contributed by atoms with van der Waals surface area (Å²) < 4.78 is 0. The molecule has 1 aliphatic carbocycles. The van der Waals surface area contributed by atoms with E-state index in [1.807, 2.05) is 11.7 Å². The Labute approximate surface area is 91.7 Å². The molecule has 0 N–H and O–H groups in total. The van der Waals surface area contributed by atoms with Crippen molar-refractivity contribution < 1.29 is 0 Å². The molecule has 0 saturated heterocycles. The maximum atomic E-state index is 4.13. The summed E-state index contributed by atoms with van der Waals surface area (Å²) in [5.74, 6) is 0. The zero-order valence-electron chi connectivity index (χ0n) is 7.63. The van der Waals surface area contributed by atoms with Crippen molar-refractivity contribution in [3.05, 3.63) is 16.6 Å². The zero-order valence-corrected chi connectivity index (χ0v) is 10.0. The lowest BCUT2D eigenvalue weighted by Crippen LogP contribution is -2.20. The van der Waals surface area contributed by atoms with Crippen LogP contribution in [0.25, 0.3) is 0 Å². The van der Waals surface area contributed by atoms with Crippen LogP contribution in [0.5, 0.6) is 0 Å². The lowest BCUT2D eigenvalue weighted by Gasteiger charge is -2.25. The van der Waals surface area contributed by atoms with Crippen molar-refractivity contribution >= 4 is 27.3 Å². The van der Waals surface area contributed by atoms with Crippen LogP contribution in [0, 0.1) is 5.41 Å². The largest absolute Gasteiger partial charge is 0.253 e. The molecule has 1 aromatic rings. The Morgan fingerprint density at radius 2 is 2.23 bits per heavy atom. The van der Waals surface area contributed by atoms with Crippen molar-refractivity contribution in [3.8, 4) is 0 Å². The third-order valence-electron chi connectivity index (χ3n) is 2.98. The molecule has 1 saturated carbocycles. The third-order valence-corrected chi connectivity index (χ3v) is 4.95. The molecule has 0 spiro atoms. The van der Waals surface area contributed by atoms with E-state index >= 15 is 0 Å². The van der Waals surface area contributed by atoms with Gasteiger partial charge in [-0.2, -0.15) is 0 Å². The third kappa shape index (κ3) is 2.13. The standard InChI is InChI=1S/C10H14BrNS/c11-7-10(3-1-2-4-10)5-9-6-12-8-13-9/h6,8H,1-5,7H2. The van der Waals surface area contributed by atoms with Gasteiger partial charge in [0.05, 0.1) is 5.51 Å². The first-order chi connectivity index (χ1) is 6.35. The summed E-state index contributed by atoms with van der Waals surface area (Å²) in [5.41, 5.74) is 2.48. The summed E-state index contributed by atoms with van der Waals surface area (Å²) in [6.07, 6.45) is 8.83. The van der Waals surface area contributed by atoms with Crippen LogP contribution in [0.3, 0.4) is 0 Å². The quantitative estimate of drug-likeness (QED) is 0.756. The summed E-state index contributed by atoms with van der Waals surface area (Å²) in [7, 11) is 0. The molecule has 0 amide bonds. The van der Waals surface area contributed by atoms with Gasteiger partial charge in [0.1, 0.15) is 0 Å². The van der Waals surface area contributed by atoms with Gasteiger partial charge in [0.25, 0.3) is 0 Å². The Morgan fingerprint density at radius 1 is 1.46 bits per heavy atom. The van der Waals surface area contributed by atoms with Crippen molar-refractivity contribution in [1.82, 2.24) is 4.98 Å². The molecule has 1 aromatic heterocycles. The van der Waals surface area contributed by atoms with E-state index < -0.39 is 0 Å². The maximum absolute atomic E-state index is 4.13. The van der Waals surface area contributed by atoms with E-state index in [0.29, 0.717) is 5.41 Å². The van der Waals surface area contributed by atoms with Crippen LogP contribution in [0.15, 0.2) is 11.7 Å². The summed E-state index contributed by atoms with van der Waals surface area (Å²) >= 11 is 5.46. The van der Waals surface area contributed by atoms with Gasteiger partial charge in [0.2, 0.25) is 0 Å². The Kier molecular flexibility index (Phi) is 3.04. The Morgan fingerprint density at radius 3 is 2.77 bits per heavy atom. The summed E-state index contributed by atoms with van der Waals surface area (Å²) in [6, 6.07) is 0. The first-order valence-electron chi connectivity index (χ1n) is 4.78. The topological polar surface area (TPSA) is 12.9 Å². The predicted octanol–water partition coefficient (Wildman–Crippen LogP) is 3.64. The zero-order chi connectivity index (χ0) is 9.15. The minimum absolute atomic E-state index is 0.548. The van der Waals surface area contributed by atoms with Crippen LogP contribution in [0.4, 0.5) is 0 Å². The lowest BCUT2D eigenvalue weighted by atomic mass is 9.85. The fourth-order valence-corrected chi connectivity index (χ4v) is 3.71. The molecular formula is C10H14BrNS. The van der Waals surface area contributed by atoms with E-state index in [-0.39, 0.29) is 0 Å². The molecule has 0 radical (unpaired) electrons. The van der Waals surface area contributed by atoms with E-state index in [1.54, 1.807) is 11.3 Å². The van der Waals surface area contributed by atoms with Crippen LogP contribution in [0.1, 0.15) is 30.6 Å². The van der Waals surface area contributed by atoms with Gasteiger partial charge in [-0.15, -0.1) is 11.3 Å². The molecule has 1 aliphatic rings. The van der Waals surface area contributed by atoms with Crippen molar-refractivity contribution in [2.75, 3.05) is 5.33 Å². The fraction of sp³-hybridized carbons (Fsp3) is 0.700. The van der Waals surface area contributed by atoms with Crippen LogP contribution in [-0.4, -0.2) is 10.3 Å². The molecule has 0 aliphatic heterocycles. The number of thiazole rings is 1. The molecule has 0 atom stereocenters. The highest BCUT2D eigenvalue weighted by molar-refractivity contribution is 9.09. The normalized spacial score (nSPS) is 20.7. The van der Waals surface area contributed by atoms with Gasteiger partial charge in [-0.25, -0.2) is 0 Å². The summed E-state index contributed by atoms with van der Waals surface area (Å²) in [4.78, 5) is 5.58. The highest BCUT2D eigenvalue weighted by Crippen LogP contribution is 2.42. The molecule has 0 aromatic carbocycles. The smallest absolute Gasteiger partial charge is 0.0794 e. The van der Waals surface area contributed by atoms with Crippen LogP contribution in [-0.2, 0) is 6.42 Å². The molecule has 13 heavy (non-hydrogen) atoms. The predicted molar refractivity (Wildman–Crippen MR) is 60.5 cm³/mol. The molecule has 3 heteroatoms.